The normalized spacial score (nSPS) is 16.9. The van der Waals surface area contributed by atoms with Gasteiger partial charge in [-0.3, -0.25) is 0 Å². The maximum absolute atomic E-state index is 8.67. The van der Waals surface area contributed by atoms with Crippen molar-refractivity contribution in [1.82, 2.24) is 0 Å². The van der Waals surface area contributed by atoms with Crippen LogP contribution in [0.2, 0.25) is 0 Å². The second-order valence-corrected chi connectivity index (χ2v) is 1.40. The van der Waals surface area contributed by atoms with Gasteiger partial charge in [-0.25, -0.2) is 0 Å². The van der Waals surface area contributed by atoms with E-state index in [9.17, 15) is 0 Å². The molecule has 0 amide bonds. The second kappa shape index (κ2) is 1.67. The van der Waals surface area contributed by atoms with E-state index in [0.717, 1.165) is 0 Å². The minimum Gasteiger partial charge on any atom is -0.512 e. The average Bonchev–Trinajstić information content (AvgIpc) is 1.69. The summed E-state index contributed by atoms with van der Waals surface area (Å²) in [4.78, 5) is 0. The molecule has 0 aromatic carbocycles. The van der Waals surface area contributed by atoms with Gasteiger partial charge in [0.05, 0.1) is 5.76 Å². The van der Waals surface area contributed by atoms with Crippen LogP contribution >= 0.6 is 0 Å². The number of hydrogen-bond acceptors (Lipinski definition) is 1. The third kappa shape index (κ3) is 0.951. The molecule has 0 spiro atoms. The molecule has 0 aromatic heterocycles. The highest BCUT2D eigenvalue weighted by molar-refractivity contribution is 5.13. The van der Waals surface area contributed by atoms with Crippen molar-refractivity contribution in [3.8, 4) is 0 Å². The molecular weight excluding hydrogens is 88.1 g/mol. The molecule has 7 heavy (non-hydrogen) atoms. The van der Waals surface area contributed by atoms with Gasteiger partial charge >= 0.3 is 0 Å². The standard InChI is InChI=1S/C6H6O/c7-6-4-2-1-3-5-6/h2-4,7H,5H2. The van der Waals surface area contributed by atoms with Crippen molar-refractivity contribution in [1.29, 1.82) is 0 Å². The van der Waals surface area contributed by atoms with Gasteiger partial charge in [0.1, 0.15) is 0 Å². The first-order valence-electron chi connectivity index (χ1n) is 2.18. The Morgan fingerprint density at radius 2 is 2.57 bits per heavy atom. The Kier molecular flexibility index (Phi) is 1.01. The molecule has 0 fully saturated rings. The van der Waals surface area contributed by atoms with Crippen molar-refractivity contribution >= 4 is 0 Å². The highest BCUT2D eigenvalue weighted by Gasteiger charge is 1.86. The van der Waals surface area contributed by atoms with Crippen molar-refractivity contribution in [3.05, 3.63) is 29.7 Å². The first-order chi connectivity index (χ1) is 3.39. The van der Waals surface area contributed by atoms with E-state index in [4.69, 9.17) is 5.11 Å². The van der Waals surface area contributed by atoms with Gasteiger partial charge in [-0.2, -0.15) is 0 Å². The predicted octanol–water partition coefficient (Wildman–Crippen LogP) is 1.54. The van der Waals surface area contributed by atoms with Crippen LogP contribution in [0.5, 0.6) is 0 Å². The van der Waals surface area contributed by atoms with E-state index in [-0.39, 0.29) is 0 Å². The van der Waals surface area contributed by atoms with Crippen molar-refractivity contribution < 1.29 is 5.11 Å². The first-order valence-corrected chi connectivity index (χ1v) is 2.18. The van der Waals surface area contributed by atoms with Crippen LogP contribution in [0.25, 0.3) is 0 Å². The number of rotatable bonds is 0. The van der Waals surface area contributed by atoms with Crippen LogP contribution in [-0.2, 0) is 0 Å². The van der Waals surface area contributed by atoms with Gasteiger partial charge < -0.3 is 5.11 Å². The smallest absolute Gasteiger partial charge is 0.0972 e. The van der Waals surface area contributed by atoms with Gasteiger partial charge in [0.25, 0.3) is 0 Å². The molecule has 1 N–H and O–H groups in total. The van der Waals surface area contributed by atoms with Crippen LogP contribution < -0.4 is 0 Å². The van der Waals surface area contributed by atoms with Gasteiger partial charge in [0.2, 0.25) is 0 Å². The number of hydrogen-bond donors (Lipinski definition) is 1. The summed E-state index contributed by atoms with van der Waals surface area (Å²) in [5.74, 6) is 0.416. The monoisotopic (exact) mass is 94.0 g/mol. The third-order valence-electron chi connectivity index (χ3n) is 0.801. The second-order valence-electron chi connectivity index (χ2n) is 1.40. The van der Waals surface area contributed by atoms with Crippen LogP contribution in [-0.4, -0.2) is 5.11 Å². The van der Waals surface area contributed by atoms with Gasteiger partial charge in [0, 0.05) is 6.42 Å². The summed E-state index contributed by atoms with van der Waals surface area (Å²) >= 11 is 0. The maximum Gasteiger partial charge on any atom is 0.0972 e. The molecule has 0 aliphatic heterocycles. The van der Waals surface area contributed by atoms with Crippen LogP contribution in [0.15, 0.2) is 29.7 Å². The quantitative estimate of drug-likeness (QED) is 0.451. The van der Waals surface area contributed by atoms with Gasteiger partial charge in [-0.1, -0.05) is 0 Å². The third-order valence-corrected chi connectivity index (χ3v) is 0.801. The minimum atomic E-state index is 0.416. The molecule has 0 saturated carbocycles. The highest BCUT2D eigenvalue weighted by Crippen LogP contribution is 1.99. The summed E-state index contributed by atoms with van der Waals surface area (Å²) in [6.07, 6.45) is 5.75. The lowest BCUT2D eigenvalue weighted by molar-refractivity contribution is 0.401. The van der Waals surface area contributed by atoms with E-state index in [2.05, 4.69) is 5.73 Å². The summed E-state index contributed by atoms with van der Waals surface area (Å²) in [7, 11) is 0. The zero-order chi connectivity index (χ0) is 5.11. The fourth-order valence-electron chi connectivity index (χ4n) is 0.444. The zero-order valence-corrected chi connectivity index (χ0v) is 3.89. The lowest BCUT2D eigenvalue weighted by Crippen LogP contribution is -1.77. The summed E-state index contributed by atoms with van der Waals surface area (Å²) < 4.78 is 0. The SMILES string of the molecule is OC1=CC=C=CC1. The Hall–Kier alpha value is -0.940. The van der Waals surface area contributed by atoms with E-state index in [1.54, 1.807) is 18.2 Å². The number of aliphatic hydroxyl groups is 1. The molecule has 1 aliphatic rings. The number of aliphatic hydroxyl groups excluding tert-OH is 1. The fourth-order valence-corrected chi connectivity index (χ4v) is 0.444. The highest BCUT2D eigenvalue weighted by atomic mass is 16.3. The van der Waals surface area contributed by atoms with Crippen molar-refractivity contribution in [3.63, 3.8) is 0 Å². The van der Waals surface area contributed by atoms with Gasteiger partial charge in [0.15, 0.2) is 0 Å². The lowest BCUT2D eigenvalue weighted by Gasteiger charge is -1.91. The Balaban J connectivity index is 2.77. The summed E-state index contributed by atoms with van der Waals surface area (Å²) in [6, 6.07) is 0. The van der Waals surface area contributed by atoms with E-state index in [1.165, 1.54) is 0 Å². The molecule has 1 nitrogen and oxygen atoms in total. The van der Waals surface area contributed by atoms with Crippen LogP contribution in [0.1, 0.15) is 6.42 Å². The molecule has 0 aromatic rings. The molecule has 1 aliphatic carbocycles. The van der Waals surface area contributed by atoms with E-state index in [1.807, 2.05) is 0 Å². The average molecular weight is 94.1 g/mol. The molecular formula is C6H6O. The molecule has 0 unspecified atom stereocenters. The topological polar surface area (TPSA) is 20.2 Å². The Morgan fingerprint density at radius 1 is 1.71 bits per heavy atom. The molecule has 0 bridgehead atoms. The molecule has 0 saturated heterocycles. The minimum absolute atomic E-state index is 0.416. The largest absolute Gasteiger partial charge is 0.512 e. The maximum atomic E-state index is 8.67. The molecule has 0 atom stereocenters. The summed E-state index contributed by atoms with van der Waals surface area (Å²) in [5, 5.41) is 8.67. The van der Waals surface area contributed by atoms with Crippen molar-refractivity contribution in [2.24, 2.45) is 0 Å². The molecule has 36 valence electrons. The van der Waals surface area contributed by atoms with Crippen LogP contribution in [0.4, 0.5) is 0 Å². The van der Waals surface area contributed by atoms with Crippen LogP contribution in [0, 0.1) is 0 Å². The Morgan fingerprint density at radius 3 is 2.86 bits per heavy atom. The summed E-state index contributed by atoms with van der Waals surface area (Å²) in [6.45, 7) is 0. The zero-order valence-electron chi connectivity index (χ0n) is 3.89. The van der Waals surface area contributed by atoms with Crippen molar-refractivity contribution in [2.45, 2.75) is 6.42 Å². The van der Waals surface area contributed by atoms with Crippen LogP contribution in [0.3, 0.4) is 0 Å². The van der Waals surface area contributed by atoms with E-state index >= 15 is 0 Å². The molecule has 0 heterocycles. The number of allylic oxidation sites excluding steroid dienone is 2. The molecule has 1 heteroatoms. The van der Waals surface area contributed by atoms with Gasteiger partial charge in [-0.15, -0.1) is 5.73 Å². The Bertz CT molecular complexity index is 148. The fraction of sp³-hybridized carbons (Fsp3) is 0.167. The molecule has 0 radical (unpaired) electrons. The van der Waals surface area contributed by atoms with E-state index < -0.39 is 0 Å². The lowest BCUT2D eigenvalue weighted by atomic mass is 10.2. The predicted molar refractivity (Wildman–Crippen MR) is 28.0 cm³/mol. The van der Waals surface area contributed by atoms with Gasteiger partial charge in [-0.05, 0) is 18.2 Å². The summed E-state index contributed by atoms with van der Waals surface area (Å²) in [5.41, 5.74) is 2.83. The first kappa shape index (κ1) is 4.23. The van der Waals surface area contributed by atoms with Crippen molar-refractivity contribution in [2.75, 3.05) is 0 Å². The Labute approximate surface area is 42.3 Å². The van der Waals surface area contributed by atoms with E-state index in [0.29, 0.717) is 12.2 Å². The molecule has 1 rings (SSSR count).